The molecule has 0 aromatic heterocycles. The largest absolute Gasteiger partial charge is 0.496 e. The van der Waals surface area contributed by atoms with Crippen molar-refractivity contribution >= 4 is 23.5 Å². The molecular weight excluding hydrogens is 330 g/mol. The first-order valence-electron chi connectivity index (χ1n) is 7.74. The highest BCUT2D eigenvalue weighted by atomic mass is 32.2. The maximum Gasteiger partial charge on any atom is 0.321 e. The minimum atomic E-state index is -1.06. The van der Waals surface area contributed by atoms with Gasteiger partial charge in [0, 0.05) is 18.6 Å². The molecule has 1 aliphatic heterocycles. The van der Waals surface area contributed by atoms with Gasteiger partial charge in [0.25, 0.3) is 0 Å². The highest BCUT2D eigenvalue weighted by Gasteiger charge is 2.38. The molecule has 1 aromatic carbocycles. The van der Waals surface area contributed by atoms with E-state index in [0.717, 1.165) is 12.0 Å². The first-order chi connectivity index (χ1) is 11.5. The Morgan fingerprint density at radius 3 is 3.00 bits per heavy atom. The van der Waals surface area contributed by atoms with Crippen LogP contribution in [0.4, 0.5) is 0 Å². The summed E-state index contributed by atoms with van der Waals surface area (Å²) in [6.45, 7) is 0. The van der Waals surface area contributed by atoms with Gasteiger partial charge in [-0.3, -0.25) is 9.59 Å². The van der Waals surface area contributed by atoms with Crippen LogP contribution in [0.15, 0.2) is 29.5 Å². The summed E-state index contributed by atoms with van der Waals surface area (Å²) < 4.78 is 11.4. The Labute approximate surface area is 144 Å². The van der Waals surface area contributed by atoms with E-state index in [9.17, 15) is 9.59 Å². The van der Waals surface area contributed by atoms with E-state index < -0.39 is 12.0 Å². The van der Waals surface area contributed by atoms with Crippen LogP contribution >= 0.6 is 11.8 Å². The summed E-state index contributed by atoms with van der Waals surface area (Å²) in [7, 11) is 1.56. The molecule has 1 aromatic rings. The van der Waals surface area contributed by atoms with Gasteiger partial charge in [0.1, 0.15) is 23.3 Å². The zero-order chi connectivity index (χ0) is 17.3. The molecule has 0 saturated carbocycles. The van der Waals surface area contributed by atoms with Crippen molar-refractivity contribution in [2.24, 2.45) is 5.73 Å². The highest BCUT2D eigenvalue weighted by molar-refractivity contribution is 7.99. The van der Waals surface area contributed by atoms with Crippen molar-refractivity contribution in [1.82, 2.24) is 0 Å². The van der Waals surface area contributed by atoms with Gasteiger partial charge in [-0.15, -0.1) is 11.8 Å². The summed E-state index contributed by atoms with van der Waals surface area (Å²) in [5, 5.41) is 8.70. The van der Waals surface area contributed by atoms with E-state index in [1.807, 2.05) is 18.2 Å². The number of ketones is 1. The normalized spacial score (nSPS) is 20.8. The zero-order valence-electron chi connectivity index (χ0n) is 13.3. The number of fused-ring (bicyclic) bond motifs is 1. The molecule has 7 heteroatoms. The molecule has 0 spiro atoms. The number of carbonyl (C=O) groups excluding carboxylic acids is 1. The predicted octanol–water partition coefficient (Wildman–Crippen LogP) is 2.28. The van der Waals surface area contributed by atoms with Gasteiger partial charge in [-0.25, -0.2) is 0 Å². The molecule has 0 fully saturated rings. The first kappa shape index (κ1) is 16.9. The number of allylic oxidation sites excluding steroid dienone is 1. The topological polar surface area (TPSA) is 98.9 Å². The smallest absolute Gasteiger partial charge is 0.321 e. The molecule has 0 saturated heterocycles. The molecule has 24 heavy (non-hydrogen) atoms. The van der Waals surface area contributed by atoms with Crippen LogP contribution in [0.5, 0.6) is 11.5 Å². The Kier molecular flexibility index (Phi) is 4.82. The van der Waals surface area contributed by atoms with Crippen LogP contribution < -0.4 is 15.2 Å². The minimum absolute atomic E-state index is 0.0502. The Balaban J connectivity index is 2.02. The quantitative estimate of drug-likeness (QED) is 0.841. The molecule has 1 aliphatic carbocycles. The maximum atomic E-state index is 12.5. The van der Waals surface area contributed by atoms with Crippen LogP contribution in [0.25, 0.3) is 0 Å². The predicted molar refractivity (Wildman–Crippen MR) is 90.3 cm³/mol. The van der Waals surface area contributed by atoms with Crippen molar-refractivity contribution in [2.75, 3.05) is 12.9 Å². The van der Waals surface area contributed by atoms with E-state index >= 15 is 0 Å². The number of carbonyl (C=O) groups is 2. The van der Waals surface area contributed by atoms with Crippen molar-refractivity contribution in [2.45, 2.75) is 30.6 Å². The number of hydrogen-bond acceptors (Lipinski definition) is 6. The molecule has 1 unspecified atom stereocenters. The number of Topliss-reactive ketones (excluding diaryl/α,β-unsaturated/α-hetero) is 1. The lowest BCUT2D eigenvalue weighted by Crippen LogP contribution is -2.33. The van der Waals surface area contributed by atoms with Gasteiger partial charge in [-0.05, 0) is 18.6 Å². The third-order valence-corrected chi connectivity index (χ3v) is 5.53. The number of ether oxygens (including phenoxy) is 2. The van der Waals surface area contributed by atoms with Crippen LogP contribution in [0, 0.1) is 0 Å². The second kappa shape index (κ2) is 6.86. The monoisotopic (exact) mass is 349 g/mol. The molecule has 6 nitrogen and oxygen atoms in total. The van der Waals surface area contributed by atoms with Crippen LogP contribution in [0.1, 0.15) is 30.1 Å². The van der Waals surface area contributed by atoms with Crippen LogP contribution in [0.3, 0.4) is 0 Å². The van der Waals surface area contributed by atoms with Crippen LogP contribution in [-0.4, -0.2) is 35.8 Å². The van der Waals surface area contributed by atoms with Crippen LogP contribution in [0.2, 0.25) is 0 Å². The molecule has 2 atom stereocenters. The molecule has 3 N–H and O–H groups in total. The lowest BCUT2D eigenvalue weighted by atomic mass is 9.88. The number of carboxylic acid groups (broad SMARTS) is 1. The zero-order valence-corrected chi connectivity index (χ0v) is 14.1. The van der Waals surface area contributed by atoms with Crippen molar-refractivity contribution in [3.05, 3.63) is 35.1 Å². The first-order valence-corrected chi connectivity index (χ1v) is 8.78. The standard InChI is InChI=1S/C17H19NO5S/c1-22-11-5-3-7-13-15(11)16(24-8-9(18)17(20)21)14-10(19)4-2-6-12(14)23-13/h3,5,7,9,16H,2,4,6,8,18H2,1H3,(H,20,21)/t9-,16?/m0/s1. The number of rotatable bonds is 5. The third kappa shape index (κ3) is 3.01. The van der Waals surface area contributed by atoms with Crippen molar-refractivity contribution < 1.29 is 24.2 Å². The summed E-state index contributed by atoms with van der Waals surface area (Å²) in [6.07, 6.45) is 1.96. The number of benzene rings is 1. The number of aliphatic carboxylic acids is 1. The Morgan fingerprint density at radius 2 is 2.29 bits per heavy atom. The second-order valence-electron chi connectivity index (χ2n) is 5.75. The highest BCUT2D eigenvalue weighted by Crippen LogP contribution is 2.51. The molecule has 2 aliphatic rings. The molecule has 128 valence electrons. The molecular formula is C17H19NO5S. The van der Waals surface area contributed by atoms with E-state index in [-0.39, 0.29) is 16.8 Å². The number of carboxylic acids is 1. The Hall–Kier alpha value is -1.99. The van der Waals surface area contributed by atoms with Gasteiger partial charge >= 0.3 is 5.97 Å². The van der Waals surface area contributed by atoms with Crippen molar-refractivity contribution in [3.8, 4) is 11.5 Å². The number of hydrogen-bond donors (Lipinski definition) is 2. The minimum Gasteiger partial charge on any atom is -0.496 e. The number of methoxy groups -OCH3 is 1. The SMILES string of the molecule is COc1cccc2c1C(SC[C@H](N)C(=O)O)C1=C(CCCC1=O)O2. The summed E-state index contributed by atoms with van der Waals surface area (Å²) in [6, 6.07) is 4.49. The third-order valence-electron chi connectivity index (χ3n) is 4.17. The van der Waals surface area contributed by atoms with Crippen molar-refractivity contribution in [3.63, 3.8) is 0 Å². The molecule has 0 radical (unpaired) electrons. The summed E-state index contributed by atoms with van der Waals surface area (Å²) >= 11 is 1.35. The van der Waals surface area contributed by atoms with E-state index in [2.05, 4.69) is 0 Å². The molecule has 0 amide bonds. The summed E-state index contributed by atoms with van der Waals surface area (Å²) in [5.41, 5.74) is 7.04. The lowest BCUT2D eigenvalue weighted by Gasteiger charge is -2.33. The Bertz CT molecular complexity index is 715. The van der Waals surface area contributed by atoms with E-state index in [4.69, 9.17) is 20.3 Å². The molecule has 0 bridgehead atoms. The van der Waals surface area contributed by atoms with Gasteiger partial charge < -0.3 is 20.3 Å². The average molecular weight is 349 g/mol. The average Bonchev–Trinajstić information content (AvgIpc) is 2.57. The Morgan fingerprint density at radius 1 is 1.50 bits per heavy atom. The molecule has 1 heterocycles. The van der Waals surface area contributed by atoms with Gasteiger partial charge in [-0.1, -0.05) is 6.07 Å². The molecule has 3 rings (SSSR count). The number of nitrogens with two attached hydrogens (primary N) is 1. The fraction of sp³-hybridized carbons (Fsp3) is 0.412. The number of thioether (sulfide) groups is 1. The van der Waals surface area contributed by atoms with Crippen molar-refractivity contribution in [1.29, 1.82) is 0 Å². The van der Waals surface area contributed by atoms with E-state index in [0.29, 0.717) is 35.7 Å². The van der Waals surface area contributed by atoms with E-state index in [1.165, 1.54) is 11.8 Å². The summed E-state index contributed by atoms with van der Waals surface area (Å²) in [4.78, 5) is 23.5. The van der Waals surface area contributed by atoms with Gasteiger partial charge in [-0.2, -0.15) is 0 Å². The fourth-order valence-corrected chi connectivity index (χ4v) is 4.37. The van der Waals surface area contributed by atoms with E-state index in [1.54, 1.807) is 7.11 Å². The second-order valence-corrected chi connectivity index (χ2v) is 6.88. The fourth-order valence-electron chi connectivity index (χ4n) is 3.00. The summed E-state index contributed by atoms with van der Waals surface area (Å²) in [5.74, 6) is 1.16. The van der Waals surface area contributed by atoms with Gasteiger partial charge in [0.15, 0.2) is 5.78 Å². The van der Waals surface area contributed by atoms with Gasteiger partial charge in [0.05, 0.1) is 23.5 Å². The van der Waals surface area contributed by atoms with Crippen LogP contribution in [-0.2, 0) is 9.59 Å². The van der Waals surface area contributed by atoms with Gasteiger partial charge in [0.2, 0.25) is 0 Å². The lowest BCUT2D eigenvalue weighted by molar-refractivity contribution is -0.137. The maximum absolute atomic E-state index is 12.5.